The number of likely N-dealkylation sites (tertiary alicyclic amines) is 1. The van der Waals surface area contributed by atoms with E-state index >= 15 is 0 Å². The summed E-state index contributed by atoms with van der Waals surface area (Å²) in [5, 5.41) is 0. The highest BCUT2D eigenvalue weighted by Crippen LogP contribution is 2.29. The second kappa shape index (κ2) is 9.11. The van der Waals surface area contributed by atoms with Crippen molar-refractivity contribution in [2.24, 2.45) is 5.92 Å². The summed E-state index contributed by atoms with van der Waals surface area (Å²) < 4.78 is 7.28. The highest BCUT2D eigenvalue weighted by Gasteiger charge is 2.38. The van der Waals surface area contributed by atoms with E-state index < -0.39 is 11.9 Å². The zero-order valence-corrected chi connectivity index (χ0v) is 17.8. The number of hydrogen-bond acceptors (Lipinski definition) is 4. The molecule has 6 nitrogen and oxygen atoms in total. The third kappa shape index (κ3) is 4.37. The molecule has 1 aliphatic rings. The number of amides is 1. The fourth-order valence-electron chi connectivity index (χ4n) is 4.00. The molecule has 0 bridgehead atoms. The quantitative estimate of drug-likeness (QED) is 0.380. The van der Waals surface area contributed by atoms with Crippen LogP contribution in [-0.2, 0) is 20.9 Å². The number of hydrogen-bond donors (Lipinski definition) is 0. The van der Waals surface area contributed by atoms with Gasteiger partial charge < -0.3 is 14.2 Å². The monoisotopic (exact) mass is 408 g/mol. The normalized spacial score (nSPS) is 17.1. The maximum absolute atomic E-state index is 12.6. The molecule has 0 unspecified atom stereocenters. The largest absolute Gasteiger partial charge is 0.457 e. The van der Waals surface area contributed by atoms with Crippen LogP contribution < -0.4 is 0 Å². The Morgan fingerprint density at radius 1 is 1.27 bits per heavy atom. The Balaban J connectivity index is 1.59. The lowest BCUT2D eigenvalue weighted by Crippen LogP contribution is -2.30. The van der Waals surface area contributed by atoms with Gasteiger partial charge in [0.05, 0.1) is 12.0 Å². The maximum atomic E-state index is 12.6. The van der Waals surface area contributed by atoms with Crippen molar-refractivity contribution in [2.45, 2.75) is 39.8 Å². The van der Waals surface area contributed by atoms with Gasteiger partial charge in [-0.3, -0.25) is 14.4 Å². The molecule has 0 saturated carbocycles. The molecule has 2 heterocycles. The van der Waals surface area contributed by atoms with E-state index in [0.29, 0.717) is 18.7 Å². The zero-order valence-electron chi connectivity index (χ0n) is 17.8. The molecule has 1 aromatic carbocycles. The molecule has 1 saturated heterocycles. The molecule has 1 aliphatic heterocycles. The van der Waals surface area contributed by atoms with E-state index in [2.05, 4.69) is 6.58 Å². The van der Waals surface area contributed by atoms with Gasteiger partial charge >= 0.3 is 5.97 Å². The number of ether oxygens (including phenoxy) is 1. The fraction of sp³-hybridized carbons (Fsp3) is 0.375. The molecule has 1 fully saturated rings. The molecular weight excluding hydrogens is 380 g/mol. The molecule has 2 aromatic rings. The summed E-state index contributed by atoms with van der Waals surface area (Å²) in [6, 6.07) is 11.4. The van der Waals surface area contributed by atoms with Crippen LogP contribution in [0.15, 0.2) is 49.1 Å². The van der Waals surface area contributed by atoms with Gasteiger partial charge in [-0.1, -0.05) is 36.4 Å². The molecule has 6 heteroatoms. The van der Waals surface area contributed by atoms with Crippen molar-refractivity contribution in [2.75, 3.05) is 13.2 Å². The van der Waals surface area contributed by atoms with Gasteiger partial charge in [-0.05, 0) is 32.4 Å². The Bertz CT molecular complexity index is 961. The zero-order chi connectivity index (χ0) is 21.8. The highest BCUT2D eigenvalue weighted by molar-refractivity contribution is 5.99. The van der Waals surface area contributed by atoms with Crippen LogP contribution >= 0.6 is 0 Å². The third-order valence-electron chi connectivity index (χ3n) is 5.77. The van der Waals surface area contributed by atoms with Gasteiger partial charge in [0.15, 0.2) is 6.61 Å². The number of aryl methyl sites for hydroxylation is 1. The van der Waals surface area contributed by atoms with Crippen molar-refractivity contribution in [3.8, 4) is 0 Å². The number of carbonyl (C=O) groups is 3. The number of carbonyl (C=O) groups excluding carboxylic acids is 3. The molecule has 2 atom stereocenters. The predicted octanol–water partition coefficient (Wildman–Crippen LogP) is 3.63. The van der Waals surface area contributed by atoms with Gasteiger partial charge in [0, 0.05) is 36.5 Å². The molecule has 30 heavy (non-hydrogen) atoms. The van der Waals surface area contributed by atoms with Gasteiger partial charge in [-0.25, -0.2) is 0 Å². The van der Waals surface area contributed by atoms with E-state index in [9.17, 15) is 14.4 Å². The van der Waals surface area contributed by atoms with Crippen LogP contribution in [0.4, 0.5) is 0 Å². The molecule has 0 aliphatic carbocycles. The summed E-state index contributed by atoms with van der Waals surface area (Å²) in [4.78, 5) is 39.3. The number of esters is 1. The van der Waals surface area contributed by atoms with Crippen LogP contribution in [0.5, 0.6) is 0 Å². The van der Waals surface area contributed by atoms with Crippen molar-refractivity contribution >= 4 is 17.7 Å². The first kappa shape index (κ1) is 21.6. The number of benzene rings is 1. The van der Waals surface area contributed by atoms with E-state index in [1.165, 1.54) is 0 Å². The van der Waals surface area contributed by atoms with E-state index in [1.54, 1.807) is 17.0 Å². The van der Waals surface area contributed by atoms with Gasteiger partial charge in [-0.2, -0.15) is 0 Å². The number of Topliss-reactive ketones (excluding diaryl/α,β-unsaturated/α-hetero) is 1. The Morgan fingerprint density at radius 2 is 1.97 bits per heavy atom. The molecule has 1 aromatic heterocycles. The summed E-state index contributed by atoms with van der Waals surface area (Å²) in [5.74, 6) is -1.37. The van der Waals surface area contributed by atoms with Crippen molar-refractivity contribution in [3.63, 3.8) is 0 Å². The number of nitrogens with zero attached hydrogens (tertiary/aromatic N) is 2. The van der Waals surface area contributed by atoms with Crippen molar-refractivity contribution < 1.29 is 19.1 Å². The minimum absolute atomic E-state index is 0.0763. The topological polar surface area (TPSA) is 68.6 Å². The number of aromatic nitrogens is 1. The summed E-state index contributed by atoms with van der Waals surface area (Å²) in [5.41, 5.74) is 3.34. The maximum Gasteiger partial charge on any atom is 0.311 e. The van der Waals surface area contributed by atoms with Crippen LogP contribution in [0, 0.1) is 19.8 Å². The van der Waals surface area contributed by atoms with Crippen LogP contribution in [-0.4, -0.2) is 40.3 Å². The first-order valence-electron chi connectivity index (χ1n) is 10.1. The minimum Gasteiger partial charge on any atom is -0.457 e. The first-order chi connectivity index (χ1) is 14.3. The number of rotatable bonds is 8. The van der Waals surface area contributed by atoms with Gasteiger partial charge in [0.2, 0.25) is 11.7 Å². The molecule has 1 amide bonds. The van der Waals surface area contributed by atoms with E-state index in [4.69, 9.17) is 4.74 Å². The predicted molar refractivity (Wildman–Crippen MR) is 114 cm³/mol. The summed E-state index contributed by atoms with van der Waals surface area (Å²) in [7, 11) is 0. The number of allylic oxidation sites excluding steroid dienone is 1. The molecule has 158 valence electrons. The number of ketones is 1. The fourth-order valence-corrected chi connectivity index (χ4v) is 4.00. The van der Waals surface area contributed by atoms with Crippen LogP contribution in [0.1, 0.15) is 46.7 Å². The lowest BCUT2D eigenvalue weighted by molar-refractivity contribution is -0.147. The third-order valence-corrected chi connectivity index (χ3v) is 5.77. The van der Waals surface area contributed by atoms with E-state index in [0.717, 1.165) is 17.0 Å². The lowest BCUT2D eigenvalue weighted by Gasteiger charge is -2.25. The lowest BCUT2D eigenvalue weighted by atomic mass is 10.1. The molecule has 0 radical (unpaired) electrons. The van der Waals surface area contributed by atoms with E-state index in [-0.39, 0.29) is 30.8 Å². The highest BCUT2D eigenvalue weighted by atomic mass is 16.5. The molecule has 0 spiro atoms. The second-order valence-electron chi connectivity index (χ2n) is 7.75. The molecule has 3 rings (SSSR count). The van der Waals surface area contributed by atoms with Crippen LogP contribution in [0.25, 0.3) is 0 Å². The Labute approximate surface area is 177 Å². The average Bonchev–Trinajstić information content (AvgIpc) is 3.27. The standard InChI is InChI=1S/C24H28N2O4/c1-5-11-25-16(2)12-21(18(25)4)22(27)15-30-24(29)20-13-23(28)26(14-20)17(3)19-9-7-6-8-10-19/h5-10,12,17,20H,1,11,13-15H2,2-4H3/t17-,20-/m0/s1. The van der Waals surface area contributed by atoms with Crippen molar-refractivity contribution in [1.29, 1.82) is 0 Å². The second-order valence-corrected chi connectivity index (χ2v) is 7.75. The van der Waals surface area contributed by atoms with E-state index in [1.807, 2.05) is 55.7 Å². The molecule has 0 N–H and O–H groups in total. The van der Waals surface area contributed by atoms with Gasteiger partial charge in [-0.15, -0.1) is 6.58 Å². The van der Waals surface area contributed by atoms with Crippen LogP contribution in [0.3, 0.4) is 0 Å². The Hall–Kier alpha value is -3.15. The Morgan fingerprint density at radius 3 is 2.63 bits per heavy atom. The van der Waals surface area contributed by atoms with Gasteiger partial charge in [0.25, 0.3) is 0 Å². The average molecular weight is 408 g/mol. The first-order valence-corrected chi connectivity index (χ1v) is 10.1. The van der Waals surface area contributed by atoms with Gasteiger partial charge in [0.1, 0.15) is 0 Å². The minimum atomic E-state index is -0.551. The SMILES string of the molecule is C=CCn1c(C)cc(C(=O)COC(=O)[C@H]2CC(=O)N([C@@H](C)c3ccccc3)C2)c1C. The van der Waals surface area contributed by atoms with Crippen molar-refractivity contribution in [3.05, 3.63) is 71.6 Å². The Kier molecular flexibility index (Phi) is 6.55. The van der Waals surface area contributed by atoms with Crippen molar-refractivity contribution in [1.82, 2.24) is 9.47 Å². The molecular formula is C24H28N2O4. The summed E-state index contributed by atoms with van der Waals surface area (Å²) in [6.07, 6.45) is 1.88. The summed E-state index contributed by atoms with van der Waals surface area (Å²) in [6.45, 7) is 10.1. The van der Waals surface area contributed by atoms with Crippen LogP contribution in [0.2, 0.25) is 0 Å². The smallest absolute Gasteiger partial charge is 0.311 e. The summed E-state index contributed by atoms with van der Waals surface area (Å²) >= 11 is 0.